The van der Waals surface area contributed by atoms with Gasteiger partial charge in [0.15, 0.2) is 0 Å². The van der Waals surface area contributed by atoms with Gasteiger partial charge in [0, 0.05) is 26.1 Å². The van der Waals surface area contributed by atoms with E-state index in [1.165, 1.54) is 22.5 Å². The fraction of sp³-hybridized carbons (Fsp3) is 0.333. The second-order valence-electron chi connectivity index (χ2n) is 5.67. The van der Waals surface area contributed by atoms with Crippen LogP contribution in [0.15, 0.2) is 41.8 Å². The Hall–Kier alpha value is -2.14. The summed E-state index contributed by atoms with van der Waals surface area (Å²) in [4.78, 5) is 26.7. The van der Waals surface area contributed by atoms with Crippen molar-refractivity contribution in [2.45, 2.75) is 25.8 Å². The molecule has 4 nitrogen and oxygen atoms in total. The molecule has 3 rings (SSSR count). The van der Waals surface area contributed by atoms with Crippen LogP contribution in [0.25, 0.3) is 0 Å². The first kappa shape index (κ1) is 15.7. The van der Waals surface area contributed by atoms with Crippen molar-refractivity contribution in [2.24, 2.45) is 0 Å². The van der Waals surface area contributed by atoms with Gasteiger partial charge in [0.05, 0.1) is 4.88 Å². The summed E-state index contributed by atoms with van der Waals surface area (Å²) >= 11 is 1.42. The highest BCUT2D eigenvalue weighted by atomic mass is 32.1. The summed E-state index contributed by atoms with van der Waals surface area (Å²) in [5.41, 5.74) is 2.60. The molecule has 0 saturated heterocycles. The number of hydrogen-bond donors (Lipinski definition) is 1. The topological polar surface area (TPSA) is 49.4 Å². The molecule has 0 bridgehead atoms. The van der Waals surface area contributed by atoms with Crippen LogP contribution in [0, 0.1) is 0 Å². The molecule has 5 heteroatoms. The number of carbonyl (C=O) groups excluding carboxylic acids is 2. The predicted molar refractivity (Wildman–Crippen MR) is 91.4 cm³/mol. The summed E-state index contributed by atoms with van der Waals surface area (Å²) in [6.07, 6.45) is 2.08. The minimum atomic E-state index is -0.0562. The standard InChI is InChI=1S/C18H20N2O2S/c21-17(8-3-10-19-18(22)16-7-4-12-23-16)20-11-9-14-5-1-2-6-15(14)13-20/h1-2,4-7,12H,3,8-11,13H2,(H,19,22). The first-order valence-electron chi connectivity index (χ1n) is 7.90. The van der Waals surface area contributed by atoms with Gasteiger partial charge in [0.2, 0.25) is 5.91 Å². The fourth-order valence-corrected chi connectivity index (χ4v) is 3.44. The van der Waals surface area contributed by atoms with E-state index in [9.17, 15) is 9.59 Å². The third-order valence-electron chi connectivity index (χ3n) is 4.08. The normalized spacial score (nSPS) is 13.5. The summed E-state index contributed by atoms with van der Waals surface area (Å²) in [6.45, 7) is 2.03. The van der Waals surface area contributed by atoms with Crippen molar-refractivity contribution >= 4 is 23.2 Å². The lowest BCUT2D eigenvalue weighted by molar-refractivity contribution is -0.132. The summed E-state index contributed by atoms with van der Waals surface area (Å²) < 4.78 is 0. The van der Waals surface area contributed by atoms with Crippen LogP contribution < -0.4 is 5.32 Å². The van der Waals surface area contributed by atoms with Gasteiger partial charge in [0.1, 0.15) is 0 Å². The van der Waals surface area contributed by atoms with Gasteiger partial charge in [-0.15, -0.1) is 11.3 Å². The maximum atomic E-state index is 12.3. The zero-order chi connectivity index (χ0) is 16.1. The lowest BCUT2D eigenvalue weighted by atomic mass is 9.99. The Labute approximate surface area is 140 Å². The summed E-state index contributed by atoms with van der Waals surface area (Å²) in [5, 5.41) is 4.74. The maximum Gasteiger partial charge on any atom is 0.261 e. The van der Waals surface area contributed by atoms with Crippen LogP contribution in [0.1, 0.15) is 33.6 Å². The molecule has 0 fully saturated rings. The highest BCUT2D eigenvalue weighted by Gasteiger charge is 2.19. The predicted octanol–water partition coefficient (Wildman–Crippen LogP) is 2.84. The quantitative estimate of drug-likeness (QED) is 0.858. The molecule has 1 N–H and O–H groups in total. The Morgan fingerprint density at radius 2 is 1.96 bits per heavy atom. The van der Waals surface area contributed by atoms with E-state index < -0.39 is 0 Å². The number of amides is 2. The van der Waals surface area contributed by atoms with Gasteiger partial charge >= 0.3 is 0 Å². The molecule has 0 unspecified atom stereocenters. The second kappa shape index (κ2) is 7.42. The number of fused-ring (bicyclic) bond motifs is 1. The van der Waals surface area contributed by atoms with Crippen LogP contribution in [0.2, 0.25) is 0 Å². The number of nitrogens with zero attached hydrogens (tertiary/aromatic N) is 1. The van der Waals surface area contributed by atoms with Gasteiger partial charge in [-0.25, -0.2) is 0 Å². The molecule has 2 amide bonds. The molecular formula is C18H20N2O2S. The number of thiophene rings is 1. The van der Waals surface area contributed by atoms with Gasteiger partial charge in [-0.2, -0.15) is 0 Å². The highest BCUT2D eigenvalue weighted by molar-refractivity contribution is 7.12. The molecular weight excluding hydrogens is 308 g/mol. The molecule has 1 aliphatic rings. The lowest BCUT2D eigenvalue weighted by Crippen LogP contribution is -2.36. The van der Waals surface area contributed by atoms with Crippen molar-refractivity contribution in [3.05, 3.63) is 57.8 Å². The molecule has 0 saturated carbocycles. The highest BCUT2D eigenvalue weighted by Crippen LogP contribution is 2.19. The number of nitrogens with one attached hydrogen (secondary N) is 1. The molecule has 0 aliphatic carbocycles. The number of carbonyl (C=O) groups is 2. The first-order valence-corrected chi connectivity index (χ1v) is 8.78. The number of hydrogen-bond acceptors (Lipinski definition) is 3. The van der Waals surface area contributed by atoms with Gasteiger partial charge in [-0.1, -0.05) is 30.3 Å². The average Bonchev–Trinajstić information content (AvgIpc) is 3.12. The molecule has 2 heterocycles. The van der Waals surface area contributed by atoms with Crippen LogP contribution in [-0.4, -0.2) is 29.8 Å². The van der Waals surface area contributed by atoms with Crippen LogP contribution in [-0.2, 0) is 17.8 Å². The van der Waals surface area contributed by atoms with Crippen molar-refractivity contribution in [3.63, 3.8) is 0 Å². The van der Waals surface area contributed by atoms with E-state index in [-0.39, 0.29) is 11.8 Å². The Balaban J connectivity index is 1.41. The van der Waals surface area contributed by atoms with Crippen LogP contribution in [0.3, 0.4) is 0 Å². The molecule has 120 valence electrons. The summed E-state index contributed by atoms with van der Waals surface area (Å²) in [6, 6.07) is 12.0. The number of benzene rings is 1. The van der Waals surface area contributed by atoms with E-state index in [0.717, 1.165) is 13.0 Å². The average molecular weight is 328 g/mol. The van der Waals surface area contributed by atoms with Crippen molar-refractivity contribution in [1.82, 2.24) is 10.2 Å². The largest absolute Gasteiger partial charge is 0.351 e. The van der Waals surface area contributed by atoms with Crippen LogP contribution in [0.4, 0.5) is 0 Å². The molecule has 1 aliphatic heterocycles. The minimum Gasteiger partial charge on any atom is -0.351 e. The number of rotatable bonds is 5. The van der Waals surface area contributed by atoms with Gasteiger partial charge in [-0.05, 0) is 35.4 Å². The maximum absolute atomic E-state index is 12.3. The van der Waals surface area contributed by atoms with Gasteiger partial charge in [0.25, 0.3) is 5.91 Å². The molecule has 1 aromatic carbocycles. The van der Waals surface area contributed by atoms with Crippen LogP contribution in [0.5, 0.6) is 0 Å². The van der Waals surface area contributed by atoms with Crippen molar-refractivity contribution < 1.29 is 9.59 Å². The third kappa shape index (κ3) is 3.99. The van der Waals surface area contributed by atoms with E-state index in [0.29, 0.717) is 30.8 Å². The van der Waals surface area contributed by atoms with Crippen molar-refractivity contribution in [1.29, 1.82) is 0 Å². The lowest BCUT2D eigenvalue weighted by Gasteiger charge is -2.29. The van der Waals surface area contributed by atoms with Gasteiger partial charge in [-0.3, -0.25) is 9.59 Å². The zero-order valence-electron chi connectivity index (χ0n) is 13.0. The summed E-state index contributed by atoms with van der Waals surface area (Å²) in [5.74, 6) is 0.115. The Kier molecular flexibility index (Phi) is 5.08. The fourth-order valence-electron chi connectivity index (χ4n) is 2.80. The van der Waals surface area contributed by atoms with E-state index in [1.54, 1.807) is 6.07 Å². The minimum absolute atomic E-state index is 0.0562. The van der Waals surface area contributed by atoms with Crippen LogP contribution >= 0.6 is 11.3 Å². The Morgan fingerprint density at radius 1 is 1.13 bits per heavy atom. The zero-order valence-corrected chi connectivity index (χ0v) is 13.8. The molecule has 0 spiro atoms. The first-order chi connectivity index (χ1) is 11.2. The van der Waals surface area contributed by atoms with Gasteiger partial charge < -0.3 is 10.2 Å². The Morgan fingerprint density at radius 3 is 2.74 bits per heavy atom. The van der Waals surface area contributed by atoms with Crippen molar-refractivity contribution in [2.75, 3.05) is 13.1 Å². The molecule has 2 aromatic rings. The summed E-state index contributed by atoms with van der Waals surface area (Å²) in [7, 11) is 0. The Bertz CT molecular complexity index is 682. The second-order valence-corrected chi connectivity index (χ2v) is 6.62. The molecule has 0 atom stereocenters. The monoisotopic (exact) mass is 328 g/mol. The SMILES string of the molecule is O=C(NCCCC(=O)N1CCc2ccccc2C1)c1cccs1. The van der Waals surface area contributed by atoms with E-state index in [1.807, 2.05) is 28.5 Å². The molecule has 23 heavy (non-hydrogen) atoms. The molecule has 0 radical (unpaired) electrons. The van der Waals surface area contributed by atoms with E-state index in [2.05, 4.69) is 17.4 Å². The van der Waals surface area contributed by atoms with E-state index in [4.69, 9.17) is 0 Å². The third-order valence-corrected chi connectivity index (χ3v) is 4.95. The smallest absolute Gasteiger partial charge is 0.261 e. The van der Waals surface area contributed by atoms with Crippen molar-refractivity contribution in [3.8, 4) is 0 Å². The molecule has 1 aromatic heterocycles. The van der Waals surface area contributed by atoms with E-state index >= 15 is 0 Å².